The van der Waals surface area contributed by atoms with E-state index < -0.39 is 5.97 Å². The summed E-state index contributed by atoms with van der Waals surface area (Å²) in [6, 6.07) is 8.71. The Morgan fingerprint density at radius 2 is 2.00 bits per heavy atom. The summed E-state index contributed by atoms with van der Waals surface area (Å²) in [6.45, 7) is 4.82. The standard InChI is InChI=1S/C19H21N3O3/c1-12-20-17(14-6-5-9-22(11-14)13(2)23)10-18(21-12)15-7-3-4-8-16(15)19(24)25/h3-4,7-8,10,14H,5-6,9,11H2,1-2H3,(H,24,25)/t14-/m1/s1. The molecule has 1 aromatic carbocycles. The van der Waals surface area contributed by atoms with E-state index in [1.54, 1.807) is 31.2 Å². The number of carbonyl (C=O) groups excluding carboxylic acids is 1. The number of likely N-dealkylation sites (tertiary alicyclic amines) is 1. The molecule has 1 aliphatic rings. The van der Waals surface area contributed by atoms with Crippen molar-refractivity contribution in [3.63, 3.8) is 0 Å². The lowest BCUT2D eigenvalue weighted by Crippen LogP contribution is -2.37. The smallest absolute Gasteiger partial charge is 0.336 e. The van der Waals surface area contributed by atoms with E-state index in [0.29, 0.717) is 23.6 Å². The van der Waals surface area contributed by atoms with Crippen LogP contribution in [0.25, 0.3) is 11.3 Å². The van der Waals surface area contributed by atoms with Crippen LogP contribution in [0, 0.1) is 6.92 Å². The van der Waals surface area contributed by atoms with Crippen molar-refractivity contribution in [3.05, 3.63) is 47.4 Å². The van der Waals surface area contributed by atoms with Crippen molar-refractivity contribution in [3.8, 4) is 11.3 Å². The molecule has 0 aliphatic carbocycles. The number of carboxylic acids is 1. The minimum Gasteiger partial charge on any atom is -0.478 e. The first kappa shape index (κ1) is 17.1. The highest BCUT2D eigenvalue weighted by Crippen LogP contribution is 2.29. The van der Waals surface area contributed by atoms with E-state index in [9.17, 15) is 14.7 Å². The van der Waals surface area contributed by atoms with E-state index in [-0.39, 0.29) is 17.4 Å². The Kier molecular flexibility index (Phi) is 4.79. The third kappa shape index (κ3) is 3.68. The number of hydrogen-bond donors (Lipinski definition) is 1. The van der Waals surface area contributed by atoms with Crippen LogP contribution in [0.15, 0.2) is 30.3 Å². The van der Waals surface area contributed by atoms with Crippen LogP contribution in [0.3, 0.4) is 0 Å². The van der Waals surface area contributed by atoms with Crippen molar-refractivity contribution in [2.45, 2.75) is 32.6 Å². The van der Waals surface area contributed by atoms with Crippen LogP contribution in [0.2, 0.25) is 0 Å². The number of benzene rings is 1. The molecule has 1 N–H and O–H groups in total. The Morgan fingerprint density at radius 1 is 1.24 bits per heavy atom. The number of carbonyl (C=O) groups is 2. The van der Waals surface area contributed by atoms with E-state index in [0.717, 1.165) is 25.1 Å². The lowest BCUT2D eigenvalue weighted by atomic mass is 9.93. The number of piperidine rings is 1. The van der Waals surface area contributed by atoms with Gasteiger partial charge in [0, 0.05) is 37.2 Å². The predicted octanol–water partition coefficient (Wildman–Crippen LogP) is 2.88. The molecule has 1 saturated heterocycles. The second kappa shape index (κ2) is 7.01. The zero-order valence-corrected chi connectivity index (χ0v) is 14.4. The molecule has 1 amide bonds. The molecule has 130 valence electrons. The van der Waals surface area contributed by atoms with Gasteiger partial charge in [-0.25, -0.2) is 14.8 Å². The molecule has 1 atom stereocenters. The maximum absolute atomic E-state index is 11.7. The molecular formula is C19H21N3O3. The molecule has 0 radical (unpaired) electrons. The topological polar surface area (TPSA) is 83.4 Å². The average molecular weight is 339 g/mol. The van der Waals surface area contributed by atoms with Gasteiger partial charge >= 0.3 is 5.97 Å². The maximum Gasteiger partial charge on any atom is 0.336 e. The summed E-state index contributed by atoms with van der Waals surface area (Å²) < 4.78 is 0. The number of nitrogens with zero attached hydrogens (tertiary/aromatic N) is 3. The van der Waals surface area contributed by atoms with Gasteiger partial charge in [0.25, 0.3) is 0 Å². The highest BCUT2D eigenvalue weighted by atomic mass is 16.4. The minimum atomic E-state index is -0.978. The van der Waals surface area contributed by atoms with Crippen molar-refractivity contribution in [1.82, 2.24) is 14.9 Å². The summed E-state index contributed by atoms with van der Waals surface area (Å²) in [5.74, 6) is -0.150. The van der Waals surface area contributed by atoms with Gasteiger partial charge in [0.15, 0.2) is 0 Å². The lowest BCUT2D eigenvalue weighted by Gasteiger charge is -2.32. The molecule has 0 bridgehead atoms. The van der Waals surface area contributed by atoms with E-state index in [4.69, 9.17) is 0 Å². The lowest BCUT2D eigenvalue weighted by molar-refractivity contribution is -0.130. The van der Waals surface area contributed by atoms with Crippen LogP contribution in [-0.4, -0.2) is 44.9 Å². The Bertz CT molecular complexity index is 819. The molecule has 6 heteroatoms. The molecule has 1 aromatic heterocycles. The third-order valence-electron chi connectivity index (χ3n) is 4.58. The van der Waals surface area contributed by atoms with Crippen molar-refractivity contribution in [2.24, 2.45) is 0 Å². The zero-order chi connectivity index (χ0) is 18.0. The Hall–Kier alpha value is -2.76. The number of rotatable bonds is 3. The quantitative estimate of drug-likeness (QED) is 0.929. The number of amides is 1. The van der Waals surface area contributed by atoms with Crippen molar-refractivity contribution >= 4 is 11.9 Å². The zero-order valence-electron chi connectivity index (χ0n) is 14.4. The van der Waals surface area contributed by atoms with E-state index in [1.165, 1.54) is 0 Å². The fraction of sp³-hybridized carbons (Fsp3) is 0.368. The van der Waals surface area contributed by atoms with Crippen molar-refractivity contribution < 1.29 is 14.7 Å². The number of aromatic nitrogens is 2. The first-order chi connectivity index (χ1) is 12.0. The molecule has 0 spiro atoms. The summed E-state index contributed by atoms with van der Waals surface area (Å²) in [6.07, 6.45) is 1.90. The van der Waals surface area contributed by atoms with Crippen LogP contribution in [0.5, 0.6) is 0 Å². The fourth-order valence-corrected chi connectivity index (χ4v) is 3.34. The van der Waals surface area contributed by atoms with Crippen LogP contribution in [0.4, 0.5) is 0 Å². The summed E-state index contributed by atoms with van der Waals surface area (Å²) >= 11 is 0. The second-order valence-electron chi connectivity index (χ2n) is 6.38. The molecule has 6 nitrogen and oxygen atoms in total. The fourth-order valence-electron chi connectivity index (χ4n) is 3.34. The molecule has 2 aromatic rings. The Morgan fingerprint density at radius 3 is 2.72 bits per heavy atom. The molecular weight excluding hydrogens is 318 g/mol. The predicted molar refractivity (Wildman–Crippen MR) is 93.4 cm³/mol. The van der Waals surface area contributed by atoms with Crippen LogP contribution in [0.1, 0.15) is 47.6 Å². The van der Waals surface area contributed by atoms with Gasteiger partial charge in [0.2, 0.25) is 5.91 Å². The van der Waals surface area contributed by atoms with Crippen molar-refractivity contribution in [1.29, 1.82) is 0 Å². The van der Waals surface area contributed by atoms with E-state index >= 15 is 0 Å². The van der Waals surface area contributed by atoms with Gasteiger partial charge in [0.1, 0.15) is 5.82 Å². The first-order valence-corrected chi connectivity index (χ1v) is 8.39. The molecule has 2 heterocycles. The minimum absolute atomic E-state index is 0.0759. The van der Waals surface area contributed by atoms with Crippen LogP contribution < -0.4 is 0 Å². The monoisotopic (exact) mass is 339 g/mol. The van der Waals surface area contributed by atoms with E-state index in [1.807, 2.05) is 17.9 Å². The molecule has 1 aliphatic heterocycles. The molecule has 3 rings (SSSR count). The summed E-state index contributed by atoms with van der Waals surface area (Å²) in [5, 5.41) is 9.42. The number of aryl methyl sites for hydroxylation is 1. The highest BCUT2D eigenvalue weighted by molar-refractivity contribution is 5.95. The van der Waals surface area contributed by atoms with Gasteiger partial charge in [-0.2, -0.15) is 0 Å². The Labute approximate surface area is 146 Å². The number of aromatic carboxylic acids is 1. The van der Waals surface area contributed by atoms with Gasteiger partial charge in [-0.1, -0.05) is 18.2 Å². The molecule has 25 heavy (non-hydrogen) atoms. The molecule has 0 saturated carbocycles. The van der Waals surface area contributed by atoms with Gasteiger partial charge in [-0.05, 0) is 31.9 Å². The average Bonchev–Trinajstić information content (AvgIpc) is 2.61. The number of hydrogen-bond acceptors (Lipinski definition) is 4. The van der Waals surface area contributed by atoms with Gasteiger partial charge in [-0.3, -0.25) is 4.79 Å². The Balaban J connectivity index is 1.99. The van der Waals surface area contributed by atoms with Crippen molar-refractivity contribution in [2.75, 3.05) is 13.1 Å². The largest absolute Gasteiger partial charge is 0.478 e. The summed E-state index contributed by atoms with van der Waals surface area (Å²) in [4.78, 5) is 34.0. The van der Waals surface area contributed by atoms with Gasteiger partial charge in [-0.15, -0.1) is 0 Å². The van der Waals surface area contributed by atoms with Gasteiger partial charge < -0.3 is 10.0 Å². The van der Waals surface area contributed by atoms with Gasteiger partial charge in [0.05, 0.1) is 11.3 Å². The molecule has 0 unspecified atom stereocenters. The van der Waals surface area contributed by atoms with Crippen LogP contribution in [-0.2, 0) is 4.79 Å². The third-order valence-corrected chi connectivity index (χ3v) is 4.58. The summed E-state index contributed by atoms with van der Waals surface area (Å²) in [7, 11) is 0. The second-order valence-corrected chi connectivity index (χ2v) is 6.38. The number of carboxylic acid groups (broad SMARTS) is 1. The SMILES string of the molecule is CC(=O)N1CCC[C@@H](c2cc(-c3ccccc3C(=O)O)nc(C)n2)C1. The molecule has 1 fully saturated rings. The summed E-state index contributed by atoms with van der Waals surface area (Å²) in [5.41, 5.74) is 2.29. The normalized spacial score (nSPS) is 17.4. The maximum atomic E-state index is 11.7. The first-order valence-electron chi connectivity index (χ1n) is 8.39. The van der Waals surface area contributed by atoms with Crippen LogP contribution >= 0.6 is 0 Å². The highest BCUT2D eigenvalue weighted by Gasteiger charge is 2.25. The van der Waals surface area contributed by atoms with E-state index in [2.05, 4.69) is 9.97 Å².